The lowest BCUT2D eigenvalue weighted by atomic mass is 9.92. The Hall–Kier alpha value is -2.49. The van der Waals surface area contributed by atoms with Crippen LogP contribution >= 0.6 is 0 Å². The Bertz CT molecular complexity index is 624. The lowest BCUT2D eigenvalue weighted by Crippen LogP contribution is -2.10. The Morgan fingerprint density at radius 1 is 0.818 bits per heavy atom. The SMILES string of the molecule is COc1ccc(C(=O)C(C)c2cc(OC)cc(OC)c2)cc1. The van der Waals surface area contributed by atoms with Crippen molar-refractivity contribution in [1.82, 2.24) is 0 Å². The molecule has 0 aromatic heterocycles. The largest absolute Gasteiger partial charge is 0.497 e. The Morgan fingerprint density at radius 2 is 1.32 bits per heavy atom. The van der Waals surface area contributed by atoms with Crippen molar-refractivity contribution in [2.24, 2.45) is 0 Å². The lowest BCUT2D eigenvalue weighted by molar-refractivity contribution is 0.0966. The predicted octanol–water partition coefficient (Wildman–Crippen LogP) is 3.70. The zero-order valence-electron chi connectivity index (χ0n) is 13.3. The summed E-state index contributed by atoms with van der Waals surface area (Å²) in [5.74, 6) is 1.81. The Morgan fingerprint density at radius 3 is 1.77 bits per heavy atom. The maximum atomic E-state index is 12.6. The van der Waals surface area contributed by atoms with Gasteiger partial charge in [-0.25, -0.2) is 0 Å². The number of carbonyl (C=O) groups is 1. The van der Waals surface area contributed by atoms with Gasteiger partial charge in [-0.1, -0.05) is 6.92 Å². The Balaban J connectivity index is 2.29. The molecule has 1 atom stereocenters. The van der Waals surface area contributed by atoms with Gasteiger partial charge in [0.15, 0.2) is 5.78 Å². The van der Waals surface area contributed by atoms with E-state index < -0.39 is 0 Å². The third kappa shape index (κ3) is 3.39. The highest BCUT2D eigenvalue weighted by molar-refractivity contribution is 6.00. The van der Waals surface area contributed by atoms with E-state index in [1.165, 1.54) is 0 Å². The summed E-state index contributed by atoms with van der Waals surface area (Å²) in [6.07, 6.45) is 0. The number of rotatable bonds is 6. The molecule has 4 heteroatoms. The van der Waals surface area contributed by atoms with Crippen molar-refractivity contribution in [2.75, 3.05) is 21.3 Å². The first-order chi connectivity index (χ1) is 10.6. The molecule has 0 radical (unpaired) electrons. The van der Waals surface area contributed by atoms with Crippen LogP contribution in [0.4, 0.5) is 0 Å². The van der Waals surface area contributed by atoms with E-state index in [9.17, 15) is 4.79 Å². The number of ether oxygens (including phenoxy) is 3. The van der Waals surface area contributed by atoms with Gasteiger partial charge in [0, 0.05) is 17.5 Å². The number of Topliss-reactive ketones (excluding diaryl/α,β-unsaturated/α-hetero) is 1. The van der Waals surface area contributed by atoms with E-state index in [0.29, 0.717) is 17.1 Å². The van der Waals surface area contributed by atoms with E-state index in [1.807, 2.05) is 19.1 Å². The highest BCUT2D eigenvalue weighted by atomic mass is 16.5. The molecule has 2 aromatic carbocycles. The molecule has 116 valence electrons. The second-order valence-corrected chi connectivity index (χ2v) is 4.96. The Labute approximate surface area is 130 Å². The molecule has 0 N–H and O–H groups in total. The van der Waals surface area contributed by atoms with E-state index in [4.69, 9.17) is 14.2 Å². The summed E-state index contributed by atoms with van der Waals surface area (Å²) in [7, 11) is 4.78. The maximum absolute atomic E-state index is 12.6. The first-order valence-electron chi connectivity index (χ1n) is 7.00. The monoisotopic (exact) mass is 300 g/mol. The molecule has 0 aliphatic rings. The molecule has 22 heavy (non-hydrogen) atoms. The van der Waals surface area contributed by atoms with Crippen molar-refractivity contribution in [3.8, 4) is 17.2 Å². The third-order valence-corrected chi connectivity index (χ3v) is 3.64. The first-order valence-corrected chi connectivity index (χ1v) is 7.00. The number of carbonyl (C=O) groups excluding carboxylic acids is 1. The van der Waals surface area contributed by atoms with Gasteiger partial charge >= 0.3 is 0 Å². The summed E-state index contributed by atoms with van der Waals surface area (Å²) in [6.45, 7) is 1.88. The fourth-order valence-electron chi connectivity index (χ4n) is 2.24. The van der Waals surface area contributed by atoms with Crippen molar-refractivity contribution in [3.63, 3.8) is 0 Å². The van der Waals surface area contributed by atoms with Gasteiger partial charge in [0.2, 0.25) is 0 Å². The number of methoxy groups -OCH3 is 3. The van der Waals surface area contributed by atoms with Crippen LogP contribution in [0.2, 0.25) is 0 Å². The van der Waals surface area contributed by atoms with Gasteiger partial charge < -0.3 is 14.2 Å². The van der Waals surface area contributed by atoms with Crippen molar-refractivity contribution < 1.29 is 19.0 Å². The number of ketones is 1. The summed E-state index contributed by atoms with van der Waals surface area (Å²) < 4.78 is 15.6. The smallest absolute Gasteiger partial charge is 0.170 e. The fraction of sp³-hybridized carbons (Fsp3) is 0.278. The van der Waals surface area contributed by atoms with E-state index in [1.54, 1.807) is 51.7 Å². The summed E-state index contributed by atoms with van der Waals surface area (Å²) >= 11 is 0. The second kappa shape index (κ2) is 6.98. The molecule has 0 aliphatic heterocycles. The maximum Gasteiger partial charge on any atom is 0.170 e. The molecule has 2 aromatic rings. The molecule has 0 amide bonds. The minimum absolute atomic E-state index is 0.0398. The van der Waals surface area contributed by atoms with E-state index in [0.717, 1.165) is 11.3 Å². The summed E-state index contributed by atoms with van der Waals surface area (Å²) in [4.78, 5) is 12.6. The van der Waals surface area contributed by atoms with Gasteiger partial charge in [-0.2, -0.15) is 0 Å². The van der Waals surface area contributed by atoms with Crippen molar-refractivity contribution >= 4 is 5.78 Å². The molecule has 2 rings (SSSR count). The topological polar surface area (TPSA) is 44.8 Å². The molecule has 0 bridgehead atoms. The standard InChI is InChI=1S/C18H20O4/c1-12(14-9-16(21-3)11-17(10-14)22-4)18(19)13-5-7-15(20-2)8-6-13/h5-12H,1-4H3. The fourth-order valence-corrected chi connectivity index (χ4v) is 2.24. The highest BCUT2D eigenvalue weighted by Gasteiger charge is 2.19. The van der Waals surface area contributed by atoms with E-state index in [2.05, 4.69) is 0 Å². The molecule has 0 heterocycles. The van der Waals surface area contributed by atoms with Crippen LogP contribution in [0.15, 0.2) is 42.5 Å². The number of hydrogen-bond donors (Lipinski definition) is 0. The van der Waals surface area contributed by atoms with Crippen molar-refractivity contribution in [3.05, 3.63) is 53.6 Å². The normalized spacial score (nSPS) is 11.6. The highest BCUT2D eigenvalue weighted by Crippen LogP contribution is 2.29. The van der Waals surface area contributed by atoms with Crippen LogP contribution < -0.4 is 14.2 Å². The average Bonchev–Trinajstić information content (AvgIpc) is 2.59. The lowest BCUT2D eigenvalue weighted by Gasteiger charge is -2.14. The van der Waals surface area contributed by atoms with Crippen LogP contribution in [0.25, 0.3) is 0 Å². The quantitative estimate of drug-likeness (QED) is 0.763. The molecule has 4 nitrogen and oxygen atoms in total. The van der Waals surface area contributed by atoms with Crippen molar-refractivity contribution in [1.29, 1.82) is 0 Å². The van der Waals surface area contributed by atoms with Crippen LogP contribution in [0.1, 0.15) is 28.8 Å². The Kier molecular flexibility index (Phi) is 5.04. The average molecular weight is 300 g/mol. The van der Waals surface area contributed by atoms with Gasteiger partial charge in [-0.15, -0.1) is 0 Å². The van der Waals surface area contributed by atoms with E-state index >= 15 is 0 Å². The van der Waals surface area contributed by atoms with Crippen LogP contribution in [-0.4, -0.2) is 27.1 Å². The number of hydrogen-bond acceptors (Lipinski definition) is 4. The van der Waals surface area contributed by atoms with Crippen LogP contribution in [-0.2, 0) is 0 Å². The van der Waals surface area contributed by atoms with E-state index in [-0.39, 0.29) is 11.7 Å². The van der Waals surface area contributed by atoms with Gasteiger partial charge in [0.05, 0.1) is 21.3 Å². The summed E-state index contributed by atoms with van der Waals surface area (Å²) in [5.41, 5.74) is 1.51. The predicted molar refractivity (Wildman–Crippen MR) is 85.3 cm³/mol. The number of benzene rings is 2. The van der Waals surface area contributed by atoms with Gasteiger partial charge in [0.1, 0.15) is 17.2 Å². The summed E-state index contributed by atoms with van der Waals surface area (Å²) in [6, 6.07) is 12.6. The van der Waals surface area contributed by atoms with Crippen molar-refractivity contribution in [2.45, 2.75) is 12.8 Å². The molecule has 1 unspecified atom stereocenters. The second-order valence-electron chi connectivity index (χ2n) is 4.96. The minimum atomic E-state index is -0.294. The summed E-state index contributed by atoms with van der Waals surface area (Å²) in [5, 5.41) is 0. The van der Waals surface area contributed by atoms with Gasteiger partial charge in [-0.3, -0.25) is 4.79 Å². The molecule has 0 spiro atoms. The molecular weight excluding hydrogens is 280 g/mol. The third-order valence-electron chi connectivity index (χ3n) is 3.64. The van der Waals surface area contributed by atoms with Crippen LogP contribution in [0.3, 0.4) is 0 Å². The molecular formula is C18H20O4. The molecule has 0 saturated carbocycles. The zero-order chi connectivity index (χ0) is 16.1. The van der Waals surface area contributed by atoms with Crippen LogP contribution in [0, 0.1) is 0 Å². The van der Waals surface area contributed by atoms with Crippen LogP contribution in [0.5, 0.6) is 17.2 Å². The van der Waals surface area contributed by atoms with Gasteiger partial charge in [0.25, 0.3) is 0 Å². The molecule has 0 fully saturated rings. The zero-order valence-corrected chi connectivity index (χ0v) is 13.3. The molecule has 0 aliphatic carbocycles. The van der Waals surface area contributed by atoms with Gasteiger partial charge in [-0.05, 0) is 42.0 Å². The molecule has 0 saturated heterocycles. The first kappa shape index (κ1) is 15.9. The minimum Gasteiger partial charge on any atom is -0.497 e.